The van der Waals surface area contributed by atoms with Crippen LogP contribution in [-0.2, 0) is 19.2 Å². The topological polar surface area (TPSA) is 34.9 Å². The van der Waals surface area contributed by atoms with Crippen molar-refractivity contribution in [1.82, 2.24) is 9.55 Å². The molecule has 0 atom stereocenters. The van der Waals surface area contributed by atoms with Crippen molar-refractivity contribution in [3.63, 3.8) is 0 Å². The molecular weight excluding hydrogens is 347 g/mol. The lowest BCUT2D eigenvalue weighted by Crippen LogP contribution is -2.25. The lowest BCUT2D eigenvalue weighted by Gasteiger charge is -2.12. The Bertz CT molecular complexity index is 980. The van der Waals surface area contributed by atoms with Crippen LogP contribution in [0.25, 0.3) is 0 Å². The van der Waals surface area contributed by atoms with E-state index in [4.69, 9.17) is 0 Å². The van der Waals surface area contributed by atoms with Gasteiger partial charge in [0.1, 0.15) is 5.82 Å². The summed E-state index contributed by atoms with van der Waals surface area (Å²) in [5.74, 6) is 0.489. The van der Waals surface area contributed by atoms with Crippen molar-refractivity contribution in [3.8, 4) is 0 Å². The van der Waals surface area contributed by atoms with Crippen LogP contribution in [0.15, 0.2) is 58.5 Å². The number of benzene rings is 2. The van der Waals surface area contributed by atoms with Crippen LogP contribution < -0.4 is 5.56 Å². The highest BCUT2D eigenvalue weighted by Crippen LogP contribution is 2.22. The summed E-state index contributed by atoms with van der Waals surface area (Å²) in [6.07, 6.45) is 0.453. The summed E-state index contributed by atoms with van der Waals surface area (Å²) in [5, 5.41) is 0.707. The maximum absolute atomic E-state index is 13.1. The van der Waals surface area contributed by atoms with E-state index in [1.165, 1.54) is 23.3 Å². The molecule has 0 bridgehead atoms. The van der Waals surface area contributed by atoms with Crippen molar-refractivity contribution in [2.75, 3.05) is 0 Å². The highest BCUT2D eigenvalue weighted by Gasteiger charge is 2.13. The van der Waals surface area contributed by atoms with Gasteiger partial charge in [-0.2, -0.15) is 0 Å². The first-order chi connectivity index (χ1) is 12.5. The van der Waals surface area contributed by atoms with E-state index in [0.29, 0.717) is 17.1 Å². The van der Waals surface area contributed by atoms with E-state index in [2.05, 4.69) is 24.0 Å². The Morgan fingerprint density at radius 1 is 1.08 bits per heavy atom. The zero-order valence-corrected chi connectivity index (χ0v) is 15.9. The van der Waals surface area contributed by atoms with Crippen molar-refractivity contribution in [1.29, 1.82) is 0 Å². The SMILES string of the molecule is Cc1ccccc1CSc1nc(C)c(Cc2ccc(F)cc2)c(=O)n1C. The number of nitrogens with zero attached hydrogens (tertiary/aromatic N) is 2. The van der Waals surface area contributed by atoms with Gasteiger partial charge >= 0.3 is 0 Å². The molecule has 0 radical (unpaired) electrons. The molecule has 0 unspecified atom stereocenters. The molecule has 0 fully saturated rings. The van der Waals surface area contributed by atoms with Gasteiger partial charge in [0.25, 0.3) is 5.56 Å². The van der Waals surface area contributed by atoms with Crippen LogP contribution in [0.5, 0.6) is 0 Å². The molecule has 0 aliphatic rings. The summed E-state index contributed by atoms with van der Waals surface area (Å²) in [6, 6.07) is 14.4. The van der Waals surface area contributed by atoms with Crippen LogP contribution in [-0.4, -0.2) is 9.55 Å². The summed E-state index contributed by atoms with van der Waals surface area (Å²) < 4.78 is 14.7. The number of halogens is 1. The molecule has 26 heavy (non-hydrogen) atoms. The summed E-state index contributed by atoms with van der Waals surface area (Å²) in [7, 11) is 1.75. The van der Waals surface area contributed by atoms with Gasteiger partial charge in [-0.05, 0) is 42.7 Å². The Morgan fingerprint density at radius 3 is 2.46 bits per heavy atom. The van der Waals surface area contributed by atoms with Crippen molar-refractivity contribution >= 4 is 11.8 Å². The summed E-state index contributed by atoms with van der Waals surface area (Å²) in [6.45, 7) is 3.94. The first-order valence-electron chi connectivity index (χ1n) is 8.44. The molecule has 3 nitrogen and oxygen atoms in total. The lowest BCUT2D eigenvalue weighted by molar-refractivity contribution is 0.627. The van der Waals surface area contributed by atoms with Crippen LogP contribution in [0.2, 0.25) is 0 Å². The second kappa shape index (κ2) is 7.87. The standard InChI is InChI=1S/C21H21FN2OS/c1-14-6-4-5-7-17(14)13-26-21-23-15(2)19(20(25)24(21)3)12-16-8-10-18(22)11-9-16/h4-11H,12-13H2,1-3H3. The third-order valence-corrected chi connectivity index (χ3v) is 5.54. The Morgan fingerprint density at radius 2 is 1.77 bits per heavy atom. The minimum absolute atomic E-state index is 0.0471. The van der Waals surface area contributed by atoms with Gasteiger partial charge in [-0.3, -0.25) is 9.36 Å². The average Bonchev–Trinajstić information content (AvgIpc) is 2.63. The first kappa shape index (κ1) is 18.4. The van der Waals surface area contributed by atoms with Crippen molar-refractivity contribution in [2.45, 2.75) is 31.2 Å². The average molecular weight is 368 g/mol. The molecule has 0 aliphatic heterocycles. The number of hydrogen-bond acceptors (Lipinski definition) is 3. The van der Waals surface area contributed by atoms with Gasteiger partial charge in [-0.25, -0.2) is 9.37 Å². The number of aromatic nitrogens is 2. The predicted octanol–water partition coefficient (Wildman–Crippen LogP) is 4.42. The second-order valence-electron chi connectivity index (χ2n) is 6.34. The van der Waals surface area contributed by atoms with Crippen LogP contribution in [0.3, 0.4) is 0 Å². The minimum Gasteiger partial charge on any atom is -0.291 e. The van der Waals surface area contributed by atoms with Gasteiger partial charge < -0.3 is 0 Å². The third-order valence-electron chi connectivity index (χ3n) is 4.46. The fourth-order valence-electron chi connectivity index (χ4n) is 2.78. The van der Waals surface area contributed by atoms with E-state index >= 15 is 0 Å². The Balaban J connectivity index is 1.84. The van der Waals surface area contributed by atoms with Gasteiger partial charge in [0.2, 0.25) is 0 Å². The van der Waals surface area contributed by atoms with Gasteiger partial charge in [-0.15, -0.1) is 0 Å². The Kier molecular flexibility index (Phi) is 5.57. The number of aryl methyl sites for hydroxylation is 2. The fraction of sp³-hybridized carbons (Fsp3) is 0.238. The van der Waals surface area contributed by atoms with Gasteiger partial charge in [0.05, 0.1) is 0 Å². The molecule has 3 rings (SSSR count). The van der Waals surface area contributed by atoms with E-state index in [1.54, 1.807) is 35.5 Å². The Labute approximate surface area is 156 Å². The molecule has 1 aromatic heterocycles. The lowest BCUT2D eigenvalue weighted by atomic mass is 10.1. The van der Waals surface area contributed by atoms with Crippen LogP contribution in [0.1, 0.15) is 27.9 Å². The zero-order chi connectivity index (χ0) is 18.7. The molecule has 134 valence electrons. The van der Waals surface area contributed by atoms with Crippen LogP contribution in [0.4, 0.5) is 4.39 Å². The molecule has 0 amide bonds. The minimum atomic E-state index is -0.278. The summed E-state index contributed by atoms with van der Waals surface area (Å²) in [4.78, 5) is 17.4. The zero-order valence-electron chi connectivity index (χ0n) is 15.1. The quantitative estimate of drug-likeness (QED) is 0.494. The fourth-order valence-corrected chi connectivity index (χ4v) is 3.87. The molecule has 1 heterocycles. The predicted molar refractivity (Wildman–Crippen MR) is 104 cm³/mol. The van der Waals surface area contributed by atoms with Crippen molar-refractivity contribution in [3.05, 3.63) is 92.6 Å². The normalized spacial score (nSPS) is 10.9. The Hall–Kier alpha value is -2.40. The molecule has 0 saturated carbocycles. The maximum atomic E-state index is 13.1. The van der Waals surface area contributed by atoms with Crippen molar-refractivity contribution in [2.24, 2.45) is 7.05 Å². The van der Waals surface area contributed by atoms with E-state index in [9.17, 15) is 9.18 Å². The highest BCUT2D eigenvalue weighted by atomic mass is 32.2. The first-order valence-corrected chi connectivity index (χ1v) is 9.42. The van der Waals surface area contributed by atoms with E-state index in [-0.39, 0.29) is 11.4 Å². The third kappa shape index (κ3) is 4.05. The largest absolute Gasteiger partial charge is 0.291 e. The number of rotatable bonds is 5. The maximum Gasteiger partial charge on any atom is 0.257 e. The molecular formula is C21H21FN2OS. The van der Waals surface area contributed by atoms with Crippen LogP contribution in [0, 0.1) is 19.7 Å². The summed E-state index contributed by atoms with van der Waals surface area (Å²) >= 11 is 1.56. The van der Waals surface area contributed by atoms with Gasteiger partial charge in [0, 0.05) is 30.5 Å². The van der Waals surface area contributed by atoms with E-state index in [1.807, 2.05) is 19.1 Å². The molecule has 0 saturated heterocycles. The number of thioether (sulfide) groups is 1. The second-order valence-corrected chi connectivity index (χ2v) is 7.28. The molecule has 3 aromatic rings. The smallest absolute Gasteiger partial charge is 0.257 e. The molecule has 0 aliphatic carbocycles. The highest BCUT2D eigenvalue weighted by molar-refractivity contribution is 7.98. The van der Waals surface area contributed by atoms with Crippen molar-refractivity contribution < 1.29 is 4.39 Å². The van der Waals surface area contributed by atoms with Gasteiger partial charge in [-0.1, -0.05) is 48.2 Å². The van der Waals surface area contributed by atoms with Crippen LogP contribution >= 0.6 is 11.8 Å². The van der Waals surface area contributed by atoms with Gasteiger partial charge in [0.15, 0.2) is 5.16 Å². The van der Waals surface area contributed by atoms with E-state index in [0.717, 1.165) is 17.0 Å². The molecule has 0 N–H and O–H groups in total. The molecule has 2 aromatic carbocycles. The molecule has 5 heteroatoms. The molecule has 0 spiro atoms. The number of hydrogen-bond donors (Lipinski definition) is 0. The summed E-state index contributed by atoms with van der Waals surface area (Å²) in [5.41, 5.74) is 4.70. The monoisotopic (exact) mass is 368 g/mol. The van der Waals surface area contributed by atoms with E-state index < -0.39 is 0 Å².